The van der Waals surface area contributed by atoms with Crippen molar-refractivity contribution < 1.29 is 9.59 Å². The largest absolute Gasteiger partial charge is 0.291 e. The molecule has 0 aliphatic heterocycles. The molecule has 0 saturated heterocycles. The van der Waals surface area contributed by atoms with Gasteiger partial charge in [0.25, 0.3) is 0 Å². The Hall–Kier alpha value is -0.660. The highest BCUT2D eigenvalue weighted by atomic mass is 16.2. The summed E-state index contributed by atoms with van der Waals surface area (Å²) in [6, 6.07) is 0. The quantitative estimate of drug-likeness (QED) is 0.196. The van der Waals surface area contributed by atoms with Gasteiger partial charge in [0.05, 0.1) is 0 Å². The van der Waals surface area contributed by atoms with Gasteiger partial charge in [-0.05, 0) is 25.2 Å². The zero-order valence-electron chi connectivity index (χ0n) is 21.9. The highest BCUT2D eigenvalue weighted by molar-refractivity contribution is 6.37. The van der Waals surface area contributed by atoms with E-state index in [2.05, 4.69) is 13.8 Å². The number of carbonyl (C=O) groups excluding carboxylic acids is 2. The lowest BCUT2D eigenvalue weighted by atomic mass is 9.81. The fraction of sp³-hybridized carbons (Fsp3) is 0.933. The Morgan fingerprint density at radius 3 is 1.69 bits per heavy atom. The van der Waals surface area contributed by atoms with Gasteiger partial charge >= 0.3 is 0 Å². The molecule has 1 aliphatic rings. The van der Waals surface area contributed by atoms with E-state index in [1.54, 1.807) is 0 Å². The molecule has 2 nitrogen and oxygen atoms in total. The molecule has 0 aromatic rings. The highest BCUT2D eigenvalue weighted by Gasteiger charge is 2.27. The van der Waals surface area contributed by atoms with E-state index in [-0.39, 0.29) is 17.5 Å². The van der Waals surface area contributed by atoms with Gasteiger partial charge in [-0.2, -0.15) is 0 Å². The summed E-state index contributed by atoms with van der Waals surface area (Å²) in [6.45, 7) is 4.55. The van der Waals surface area contributed by atoms with Gasteiger partial charge in [-0.3, -0.25) is 9.59 Å². The van der Waals surface area contributed by atoms with Gasteiger partial charge in [-0.15, -0.1) is 0 Å². The molecule has 0 amide bonds. The minimum Gasteiger partial charge on any atom is -0.291 e. The fourth-order valence-corrected chi connectivity index (χ4v) is 5.48. The number of rotatable bonds is 14. The van der Waals surface area contributed by atoms with E-state index in [9.17, 15) is 9.59 Å². The Bertz CT molecular complexity index is 456. The predicted molar refractivity (Wildman–Crippen MR) is 139 cm³/mol. The highest BCUT2D eigenvalue weighted by Crippen LogP contribution is 2.29. The van der Waals surface area contributed by atoms with E-state index in [1.165, 1.54) is 116 Å². The molecule has 188 valence electrons. The van der Waals surface area contributed by atoms with Crippen LogP contribution in [0.5, 0.6) is 0 Å². The Morgan fingerprint density at radius 1 is 0.625 bits per heavy atom. The zero-order valence-corrected chi connectivity index (χ0v) is 21.9. The van der Waals surface area contributed by atoms with Crippen LogP contribution in [0, 0.1) is 11.8 Å². The molecule has 0 bridgehead atoms. The summed E-state index contributed by atoms with van der Waals surface area (Å²) in [6.07, 6.45) is 29.1. The summed E-state index contributed by atoms with van der Waals surface area (Å²) in [5.74, 6) is 0.570. The smallest absolute Gasteiger partial charge is 0.201 e. The third-order valence-corrected chi connectivity index (χ3v) is 7.65. The Morgan fingerprint density at radius 2 is 1.09 bits per heavy atom. The van der Waals surface area contributed by atoms with Crippen LogP contribution in [0.25, 0.3) is 0 Å². The molecule has 2 atom stereocenters. The van der Waals surface area contributed by atoms with E-state index in [0.29, 0.717) is 12.3 Å². The van der Waals surface area contributed by atoms with Crippen LogP contribution >= 0.6 is 0 Å². The van der Waals surface area contributed by atoms with E-state index >= 15 is 0 Å². The molecule has 2 unspecified atom stereocenters. The van der Waals surface area contributed by atoms with Crippen LogP contribution in [0.3, 0.4) is 0 Å². The van der Waals surface area contributed by atoms with Crippen molar-refractivity contribution >= 4 is 11.6 Å². The summed E-state index contributed by atoms with van der Waals surface area (Å²) in [5.41, 5.74) is 0. The molecule has 0 aromatic heterocycles. The standard InChI is InChI=1S/C30H56O2/c1-3-5-7-9-15-19-23-27(22-18-8-6-4-2)26-28-24-20-16-13-11-10-12-14-17-21-25-29(31)30(28)32/h27-28H,3-26H2,1-2H3. The molecule has 0 aromatic carbocycles. The van der Waals surface area contributed by atoms with Gasteiger partial charge in [0.1, 0.15) is 0 Å². The molecule has 32 heavy (non-hydrogen) atoms. The lowest BCUT2D eigenvalue weighted by molar-refractivity contribution is -0.139. The van der Waals surface area contributed by atoms with Crippen molar-refractivity contribution in [2.24, 2.45) is 11.8 Å². The van der Waals surface area contributed by atoms with Crippen LogP contribution in [-0.4, -0.2) is 11.6 Å². The van der Waals surface area contributed by atoms with Crippen LogP contribution < -0.4 is 0 Å². The first kappa shape index (κ1) is 29.4. The molecule has 1 rings (SSSR count). The average Bonchev–Trinajstić information content (AvgIpc) is 2.80. The second kappa shape index (κ2) is 20.9. The first-order chi connectivity index (χ1) is 15.7. The molecule has 2 heteroatoms. The van der Waals surface area contributed by atoms with Gasteiger partial charge < -0.3 is 0 Å². The Labute approximate surface area is 201 Å². The van der Waals surface area contributed by atoms with E-state index in [1.807, 2.05) is 0 Å². The van der Waals surface area contributed by atoms with E-state index in [4.69, 9.17) is 0 Å². The normalized spacial score (nSPS) is 20.8. The van der Waals surface area contributed by atoms with Crippen molar-refractivity contribution in [2.45, 2.75) is 168 Å². The second-order valence-corrected chi connectivity index (χ2v) is 10.7. The molecule has 0 spiro atoms. The third kappa shape index (κ3) is 15.2. The van der Waals surface area contributed by atoms with Crippen LogP contribution in [0.1, 0.15) is 168 Å². The van der Waals surface area contributed by atoms with Crippen molar-refractivity contribution in [3.05, 3.63) is 0 Å². The molecule has 1 fully saturated rings. The molecule has 1 saturated carbocycles. The Balaban J connectivity index is 2.64. The van der Waals surface area contributed by atoms with Crippen LogP contribution in [-0.2, 0) is 9.59 Å². The molecule has 1 aliphatic carbocycles. The van der Waals surface area contributed by atoms with Gasteiger partial charge in [0.15, 0.2) is 5.78 Å². The summed E-state index contributed by atoms with van der Waals surface area (Å²) in [4.78, 5) is 25.8. The summed E-state index contributed by atoms with van der Waals surface area (Å²) >= 11 is 0. The monoisotopic (exact) mass is 448 g/mol. The SMILES string of the molecule is CCCCCCCCC(CCCCCC)CC1CCCCCCCCCCCC(=O)C1=O. The Kier molecular flexibility index (Phi) is 19.2. The van der Waals surface area contributed by atoms with Gasteiger partial charge in [-0.25, -0.2) is 0 Å². The number of hydrogen-bond acceptors (Lipinski definition) is 2. The van der Waals surface area contributed by atoms with Gasteiger partial charge in [-0.1, -0.05) is 142 Å². The third-order valence-electron chi connectivity index (χ3n) is 7.65. The molecule has 0 heterocycles. The fourth-order valence-electron chi connectivity index (χ4n) is 5.48. The van der Waals surface area contributed by atoms with Crippen LogP contribution in [0.4, 0.5) is 0 Å². The van der Waals surface area contributed by atoms with E-state index < -0.39 is 0 Å². The topological polar surface area (TPSA) is 34.1 Å². The molecule has 0 N–H and O–H groups in total. The second-order valence-electron chi connectivity index (χ2n) is 10.7. The maximum Gasteiger partial charge on any atom is 0.201 e. The van der Waals surface area contributed by atoms with Crippen molar-refractivity contribution in [2.75, 3.05) is 0 Å². The number of carbonyl (C=O) groups is 2. The van der Waals surface area contributed by atoms with E-state index in [0.717, 1.165) is 32.1 Å². The summed E-state index contributed by atoms with van der Waals surface area (Å²) in [7, 11) is 0. The van der Waals surface area contributed by atoms with Crippen LogP contribution in [0.15, 0.2) is 0 Å². The number of hydrogen-bond donors (Lipinski definition) is 0. The lowest BCUT2D eigenvalue weighted by Gasteiger charge is -2.23. The molecular formula is C30H56O2. The minimum atomic E-state index is -0.0589. The number of Topliss-reactive ketones (excluding diaryl/α,β-unsaturated/α-hetero) is 2. The predicted octanol–water partition coefficient (Wildman–Crippen LogP) is 9.77. The van der Waals surface area contributed by atoms with Crippen molar-refractivity contribution in [1.29, 1.82) is 0 Å². The maximum atomic E-state index is 13.1. The minimum absolute atomic E-state index is 0.00158. The number of unbranched alkanes of at least 4 members (excludes halogenated alkanes) is 8. The zero-order chi connectivity index (χ0) is 23.3. The van der Waals surface area contributed by atoms with Gasteiger partial charge in [0.2, 0.25) is 5.78 Å². The number of ketones is 2. The first-order valence-electron chi connectivity index (χ1n) is 14.8. The lowest BCUT2D eigenvalue weighted by Crippen LogP contribution is -2.26. The summed E-state index contributed by atoms with van der Waals surface area (Å²) < 4.78 is 0. The summed E-state index contributed by atoms with van der Waals surface area (Å²) in [5, 5.41) is 0. The van der Waals surface area contributed by atoms with Crippen molar-refractivity contribution in [1.82, 2.24) is 0 Å². The molecular weight excluding hydrogens is 392 g/mol. The molecule has 0 radical (unpaired) electrons. The van der Waals surface area contributed by atoms with Crippen LogP contribution in [0.2, 0.25) is 0 Å². The van der Waals surface area contributed by atoms with Crippen molar-refractivity contribution in [3.8, 4) is 0 Å². The van der Waals surface area contributed by atoms with Gasteiger partial charge in [0, 0.05) is 12.3 Å². The first-order valence-corrected chi connectivity index (χ1v) is 14.8. The van der Waals surface area contributed by atoms with Crippen molar-refractivity contribution in [3.63, 3.8) is 0 Å². The maximum absolute atomic E-state index is 13.1. The average molecular weight is 449 g/mol.